The van der Waals surface area contributed by atoms with Crippen molar-refractivity contribution in [1.29, 1.82) is 0 Å². The first-order valence-corrected chi connectivity index (χ1v) is 22.6. The van der Waals surface area contributed by atoms with E-state index < -0.39 is 0 Å². The minimum Gasteiger partial charge on any atom is -0.463 e. The Hall–Kier alpha value is -3.22. The SMILES string of the molecule is CCCCCCCCC(=O)OCCOCCOCCOCCOCCOCCOCCOCCOCCOCCOCCN(C)C(=O)OCC1c2ccccc2-c2ccccc21. The lowest BCUT2D eigenvalue weighted by atomic mass is 9.98. The van der Waals surface area contributed by atoms with Gasteiger partial charge in [-0.3, -0.25) is 4.79 Å². The van der Waals surface area contributed by atoms with Crippen LogP contribution in [0.5, 0.6) is 0 Å². The molecule has 0 aromatic heterocycles. The van der Waals surface area contributed by atoms with Crippen LogP contribution in [0, 0.1) is 0 Å². The fourth-order valence-electron chi connectivity index (χ4n) is 6.41. The Bertz CT molecular complexity index is 1350. The molecule has 0 atom stereocenters. The average molecular weight is 878 g/mol. The highest BCUT2D eigenvalue weighted by Crippen LogP contribution is 2.44. The molecule has 0 unspecified atom stereocenters. The van der Waals surface area contributed by atoms with Gasteiger partial charge in [0.15, 0.2) is 0 Å². The molecule has 0 heterocycles. The van der Waals surface area contributed by atoms with Gasteiger partial charge in [0.05, 0.1) is 132 Å². The van der Waals surface area contributed by atoms with Crippen molar-refractivity contribution >= 4 is 12.1 Å². The summed E-state index contributed by atoms with van der Waals surface area (Å²) in [6, 6.07) is 16.6. The van der Waals surface area contributed by atoms with Crippen LogP contribution in [-0.4, -0.2) is 176 Å². The molecule has 0 bridgehead atoms. The number of hydrogen-bond donors (Lipinski definition) is 0. The summed E-state index contributed by atoms with van der Waals surface area (Å²) in [5.74, 6) is -0.113. The molecule has 0 saturated carbocycles. The first kappa shape index (κ1) is 53.1. The second-order valence-corrected chi connectivity index (χ2v) is 14.6. The zero-order valence-electron chi connectivity index (χ0n) is 37.6. The second-order valence-electron chi connectivity index (χ2n) is 14.6. The molecule has 1 amide bonds. The Morgan fingerprint density at radius 1 is 0.452 bits per heavy atom. The number of hydrogen-bond acceptors (Lipinski definition) is 14. The van der Waals surface area contributed by atoms with E-state index >= 15 is 0 Å². The highest BCUT2D eigenvalue weighted by molar-refractivity contribution is 5.79. The van der Waals surface area contributed by atoms with E-state index in [9.17, 15) is 9.59 Å². The predicted molar refractivity (Wildman–Crippen MR) is 235 cm³/mol. The molecular weight excluding hydrogens is 803 g/mol. The van der Waals surface area contributed by atoms with E-state index in [1.807, 2.05) is 24.3 Å². The van der Waals surface area contributed by atoms with Crippen molar-refractivity contribution in [3.8, 4) is 11.1 Å². The summed E-state index contributed by atoms with van der Waals surface area (Å²) >= 11 is 0. The number of carbonyl (C=O) groups is 2. The van der Waals surface area contributed by atoms with Gasteiger partial charge in [-0.2, -0.15) is 0 Å². The Morgan fingerprint density at radius 2 is 0.806 bits per heavy atom. The summed E-state index contributed by atoms with van der Waals surface area (Å²) < 4.78 is 66.1. The average Bonchev–Trinajstić information content (AvgIpc) is 3.61. The van der Waals surface area contributed by atoms with Gasteiger partial charge in [0.2, 0.25) is 0 Å². The van der Waals surface area contributed by atoms with Crippen LogP contribution in [0.4, 0.5) is 4.79 Å². The van der Waals surface area contributed by atoms with Crippen LogP contribution in [0.25, 0.3) is 11.1 Å². The smallest absolute Gasteiger partial charge is 0.409 e. The van der Waals surface area contributed by atoms with Gasteiger partial charge in [-0.1, -0.05) is 87.6 Å². The zero-order valence-corrected chi connectivity index (χ0v) is 37.6. The molecule has 0 spiro atoms. The van der Waals surface area contributed by atoms with Crippen molar-refractivity contribution in [1.82, 2.24) is 4.90 Å². The van der Waals surface area contributed by atoms with Gasteiger partial charge in [-0.05, 0) is 28.7 Å². The molecule has 15 nitrogen and oxygen atoms in total. The van der Waals surface area contributed by atoms with Crippen LogP contribution in [0.1, 0.15) is 68.9 Å². The molecule has 0 fully saturated rings. The highest BCUT2D eigenvalue weighted by Gasteiger charge is 2.29. The van der Waals surface area contributed by atoms with Crippen LogP contribution in [0.3, 0.4) is 0 Å². The molecular formula is C47H75NO14. The van der Waals surface area contributed by atoms with E-state index in [-0.39, 0.29) is 24.6 Å². The van der Waals surface area contributed by atoms with Crippen LogP contribution < -0.4 is 0 Å². The van der Waals surface area contributed by atoms with Gasteiger partial charge in [0, 0.05) is 25.9 Å². The maximum atomic E-state index is 12.6. The van der Waals surface area contributed by atoms with E-state index in [4.69, 9.17) is 56.8 Å². The Morgan fingerprint density at radius 3 is 1.23 bits per heavy atom. The third-order valence-electron chi connectivity index (χ3n) is 9.79. The molecule has 0 radical (unpaired) electrons. The van der Waals surface area contributed by atoms with Gasteiger partial charge in [0.1, 0.15) is 13.2 Å². The van der Waals surface area contributed by atoms with Gasteiger partial charge in [-0.15, -0.1) is 0 Å². The summed E-state index contributed by atoms with van der Waals surface area (Å²) in [6.07, 6.45) is 7.02. The number of carbonyl (C=O) groups excluding carboxylic acids is 2. The second kappa shape index (κ2) is 37.2. The molecule has 2 aromatic carbocycles. The third kappa shape index (κ3) is 25.2. The highest BCUT2D eigenvalue weighted by atomic mass is 16.6. The van der Waals surface area contributed by atoms with Crippen molar-refractivity contribution < 1.29 is 66.4 Å². The monoisotopic (exact) mass is 878 g/mol. The van der Waals surface area contributed by atoms with Crippen LogP contribution >= 0.6 is 0 Å². The minimum absolute atomic E-state index is 0.0348. The number of esters is 1. The van der Waals surface area contributed by atoms with E-state index in [1.165, 1.54) is 52.8 Å². The van der Waals surface area contributed by atoms with Crippen molar-refractivity contribution in [2.75, 3.05) is 159 Å². The van der Waals surface area contributed by atoms with E-state index in [2.05, 4.69) is 31.2 Å². The van der Waals surface area contributed by atoms with Crippen molar-refractivity contribution in [2.24, 2.45) is 0 Å². The predicted octanol–water partition coefficient (Wildman–Crippen LogP) is 6.33. The number of unbranched alkanes of at least 4 members (excludes halogenated alkanes) is 5. The number of amides is 1. The first-order chi connectivity index (χ1) is 30.6. The fraction of sp³-hybridized carbons (Fsp3) is 0.702. The van der Waals surface area contributed by atoms with Crippen LogP contribution in [0.2, 0.25) is 0 Å². The van der Waals surface area contributed by atoms with Crippen molar-refractivity contribution in [2.45, 2.75) is 57.8 Å². The summed E-state index contributed by atoms with van der Waals surface area (Å²) in [7, 11) is 1.71. The Kier molecular flexibility index (Phi) is 31.9. The lowest BCUT2D eigenvalue weighted by Crippen LogP contribution is -2.32. The molecule has 1 aliphatic carbocycles. The number of rotatable bonds is 42. The number of benzene rings is 2. The zero-order chi connectivity index (χ0) is 44.0. The van der Waals surface area contributed by atoms with Gasteiger partial charge in [0.25, 0.3) is 0 Å². The molecule has 2 aromatic rings. The molecule has 1 aliphatic rings. The standard InChI is InChI=1S/C47H75NO14/c1-3-4-5-6-7-8-17-46(49)61-39-38-60-37-36-59-35-34-58-33-32-57-31-30-56-29-28-55-27-26-54-25-24-53-23-22-52-21-20-51-19-18-48(2)47(50)62-40-45-43-15-11-9-13-41(43)42-14-10-12-16-44(42)45/h9-16,45H,3-8,17-40H2,1-2H3. The molecule has 0 saturated heterocycles. The number of likely N-dealkylation sites (N-methyl/N-ethyl adjacent to an activating group) is 1. The summed E-state index contributed by atoms with van der Waals surface area (Å²) in [4.78, 5) is 25.9. The normalized spacial score (nSPS) is 12.1. The van der Waals surface area contributed by atoms with E-state index in [1.54, 1.807) is 7.05 Å². The molecule has 62 heavy (non-hydrogen) atoms. The van der Waals surface area contributed by atoms with Crippen molar-refractivity contribution in [3.05, 3.63) is 59.7 Å². The largest absolute Gasteiger partial charge is 0.463 e. The quantitative estimate of drug-likeness (QED) is 0.0541. The number of nitrogens with zero attached hydrogens (tertiary/aromatic N) is 1. The summed E-state index contributed by atoms with van der Waals surface area (Å²) in [5, 5.41) is 0. The van der Waals surface area contributed by atoms with Crippen LogP contribution in [-0.2, 0) is 61.6 Å². The molecule has 3 rings (SSSR count). The third-order valence-corrected chi connectivity index (χ3v) is 9.79. The van der Waals surface area contributed by atoms with Gasteiger partial charge < -0.3 is 61.7 Å². The Balaban J connectivity index is 0.941. The molecule has 0 aliphatic heterocycles. The fourth-order valence-corrected chi connectivity index (χ4v) is 6.41. The van der Waals surface area contributed by atoms with E-state index in [0.29, 0.717) is 152 Å². The lowest BCUT2D eigenvalue weighted by Gasteiger charge is -2.19. The topological polar surface area (TPSA) is 148 Å². The first-order valence-electron chi connectivity index (χ1n) is 22.6. The number of fused-ring (bicyclic) bond motifs is 3. The summed E-state index contributed by atoms with van der Waals surface area (Å²) in [5.41, 5.74) is 4.79. The molecule has 352 valence electrons. The summed E-state index contributed by atoms with van der Waals surface area (Å²) in [6.45, 7) is 12.4. The molecule has 15 heteroatoms. The maximum Gasteiger partial charge on any atom is 0.409 e. The molecule has 0 N–H and O–H groups in total. The maximum absolute atomic E-state index is 12.6. The van der Waals surface area contributed by atoms with E-state index in [0.717, 1.165) is 12.8 Å². The minimum atomic E-state index is -0.367. The number of ether oxygens (including phenoxy) is 12. The Labute approximate surface area is 370 Å². The van der Waals surface area contributed by atoms with Crippen LogP contribution in [0.15, 0.2) is 48.5 Å². The van der Waals surface area contributed by atoms with Gasteiger partial charge in [-0.25, -0.2) is 4.79 Å². The lowest BCUT2D eigenvalue weighted by molar-refractivity contribution is -0.145. The van der Waals surface area contributed by atoms with Crippen molar-refractivity contribution in [3.63, 3.8) is 0 Å². The van der Waals surface area contributed by atoms with Gasteiger partial charge >= 0.3 is 12.1 Å².